The summed E-state index contributed by atoms with van der Waals surface area (Å²) >= 11 is 5.98. The van der Waals surface area contributed by atoms with Crippen LogP contribution in [0.4, 0.5) is 0 Å². The molecule has 2 heterocycles. The third-order valence-electron chi connectivity index (χ3n) is 2.86. The van der Waals surface area contributed by atoms with Crippen molar-refractivity contribution in [2.24, 2.45) is 13.0 Å². The van der Waals surface area contributed by atoms with Crippen molar-refractivity contribution in [2.45, 2.75) is 18.9 Å². The average molecular weight is 231 g/mol. The Morgan fingerprint density at radius 2 is 2.53 bits per heavy atom. The van der Waals surface area contributed by atoms with Gasteiger partial charge in [0.15, 0.2) is 0 Å². The molecule has 5 heteroatoms. The first-order chi connectivity index (χ1) is 7.20. The highest BCUT2D eigenvalue weighted by Gasteiger charge is 2.27. The van der Waals surface area contributed by atoms with Gasteiger partial charge in [0.1, 0.15) is 6.10 Å². The monoisotopic (exact) mass is 230 g/mol. The smallest absolute Gasteiger partial charge is 0.102 e. The number of rotatable bonds is 2. The molecule has 0 aliphatic carbocycles. The third-order valence-corrected chi connectivity index (χ3v) is 3.15. The molecule has 84 valence electrons. The predicted molar refractivity (Wildman–Crippen MR) is 56.7 cm³/mol. The molecule has 15 heavy (non-hydrogen) atoms. The molecule has 0 bridgehead atoms. The lowest BCUT2D eigenvalue weighted by Crippen LogP contribution is -2.25. The molecule has 2 rings (SSSR count). The minimum atomic E-state index is -0.578. The molecular weight excluding hydrogens is 216 g/mol. The molecule has 1 aliphatic rings. The van der Waals surface area contributed by atoms with Crippen LogP contribution in [0.3, 0.4) is 0 Å². The van der Waals surface area contributed by atoms with E-state index in [4.69, 9.17) is 16.3 Å². The molecule has 2 unspecified atom stereocenters. The minimum Gasteiger partial charge on any atom is -0.386 e. The summed E-state index contributed by atoms with van der Waals surface area (Å²) < 4.78 is 6.97. The Kier molecular flexibility index (Phi) is 3.29. The quantitative estimate of drug-likeness (QED) is 0.838. The molecule has 1 saturated heterocycles. The van der Waals surface area contributed by atoms with Crippen molar-refractivity contribution in [3.05, 3.63) is 16.9 Å². The van der Waals surface area contributed by atoms with E-state index in [0.717, 1.165) is 19.4 Å². The van der Waals surface area contributed by atoms with E-state index in [1.165, 1.54) is 0 Å². The van der Waals surface area contributed by atoms with Crippen LogP contribution in [0.1, 0.15) is 24.6 Å². The highest BCUT2D eigenvalue weighted by Crippen LogP contribution is 2.32. The maximum atomic E-state index is 10.2. The molecule has 1 aromatic rings. The Morgan fingerprint density at radius 1 is 1.73 bits per heavy atom. The molecule has 0 aromatic carbocycles. The van der Waals surface area contributed by atoms with Crippen molar-refractivity contribution in [3.63, 3.8) is 0 Å². The summed E-state index contributed by atoms with van der Waals surface area (Å²) in [6.45, 7) is 1.39. The van der Waals surface area contributed by atoms with E-state index in [1.807, 2.05) is 0 Å². The van der Waals surface area contributed by atoms with Crippen LogP contribution in [0, 0.1) is 5.92 Å². The topological polar surface area (TPSA) is 47.3 Å². The highest BCUT2D eigenvalue weighted by atomic mass is 35.5. The highest BCUT2D eigenvalue weighted by molar-refractivity contribution is 6.31. The van der Waals surface area contributed by atoms with Crippen LogP contribution in [-0.4, -0.2) is 28.1 Å². The number of aryl methyl sites for hydroxylation is 1. The number of hydrogen-bond acceptors (Lipinski definition) is 3. The second kappa shape index (κ2) is 4.51. The summed E-state index contributed by atoms with van der Waals surface area (Å²) in [5.41, 5.74) is 0.687. The van der Waals surface area contributed by atoms with Gasteiger partial charge in [-0.1, -0.05) is 11.6 Å². The number of hydrogen-bond donors (Lipinski definition) is 1. The van der Waals surface area contributed by atoms with Gasteiger partial charge in [-0.15, -0.1) is 0 Å². The number of halogens is 1. The van der Waals surface area contributed by atoms with Crippen LogP contribution in [-0.2, 0) is 11.8 Å². The van der Waals surface area contributed by atoms with E-state index in [-0.39, 0.29) is 5.92 Å². The van der Waals surface area contributed by atoms with Crippen LogP contribution in [0.2, 0.25) is 5.02 Å². The SMILES string of the molecule is Cn1ncc(Cl)c1C(O)C1CCCOC1. The van der Waals surface area contributed by atoms with Crippen LogP contribution < -0.4 is 0 Å². The fraction of sp³-hybridized carbons (Fsp3) is 0.700. The van der Waals surface area contributed by atoms with Gasteiger partial charge in [0.2, 0.25) is 0 Å². The molecule has 1 aliphatic heterocycles. The Morgan fingerprint density at radius 3 is 3.07 bits per heavy atom. The normalized spacial score (nSPS) is 24.1. The lowest BCUT2D eigenvalue weighted by atomic mass is 9.94. The van der Waals surface area contributed by atoms with Crippen molar-refractivity contribution in [1.82, 2.24) is 9.78 Å². The Hall–Kier alpha value is -0.580. The summed E-state index contributed by atoms with van der Waals surface area (Å²) in [7, 11) is 1.79. The minimum absolute atomic E-state index is 0.131. The number of aliphatic hydroxyl groups is 1. The van der Waals surface area contributed by atoms with Gasteiger partial charge in [-0.25, -0.2) is 0 Å². The second-order valence-corrected chi connectivity index (χ2v) is 4.33. The van der Waals surface area contributed by atoms with Gasteiger partial charge in [0, 0.05) is 19.6 Å². The van der Waals surface area contributed by atoms with Crippen molar-refractivity contribution >= 4 is 11.6 Å². The zero-order chi connectivity index (χ0) is 10.8. The molecule has 0 saturated carbocycles. The predicted octanol–water partition coefficient (Wildman–Crippen LogP) is 1.53. The number of aliphatic hydroxyl groups excluding tert-OH is 1. The molecule has 4 nitrogen and oxygen atoms in total. The largest absolute Gasteiger partial charge is 0.386 e. The van der Waals surface area contributed by atoms with Crippen LogP contribution in [0.15, 0.2) is 6.20 Å². The Balaban J connectivity index is 2.15. The molecule has 0 radical (unpaired) electrons. The van der Waals surface area contributed by atoms with Gasteiger partial charge in [-0.05, 0) is 12.8 Å². The van der Waals surface area contributed by atoms with E-state index in [0.29, 0.717) is 17.3 Å². The standard InChI is InChI=1S/C10H15ClN2O2/c1-13-9(8(11)5-12-13)10(14)7-3-2-4-15-6-7/h5,7,10,14H,2-4,6H2,1H3. The lowest BCUT2D eigenvalue weighted by Gasteiger charge is -2.26. The van der Waals surface area contributed by atoms with Crippen molar-refractivity contribution < 1.29 is 9.84 Å². The summed E-state index contributed by atoms with van der Waals surface area (Å²) in [5, 5.41) is 14.7. The zero-order valence-corrected chi connectivity index (χ0v) is 9.44. The van der Waals surface area contributed by atoms with E-state index in [2.05, 4.69) is 5.10 Å². The Labute approximate surface area is 93.8 Å². The fourth-order valence-electron chi connectivity index (χ4n) is 1.99. The van der Waals surface area contributed by atoms with Gasteiger partial charge in [0.25, 0.3) is 0 Å². The summed E-state index contributed by atoms with van der Waals surface area (Å²) in [6, 6.07) is 0. The number of ether oxygens (including phenoxy) is 1. The van der Waals surface area contributed by atoms with E-state index < -0.39 is 6.10 Å². The van der Waals surface area contributed by atoms with Gasteiger partial charge in [-0.3, -0.25) is 4.68 Å². The van der Waals surface area contributed by atoms with Gasteiger partial charge < -0.3 is 9.84 Å². The summed E-state index contributed by atoms with van der Waals surface area (Å²) in [4.78, 5) is 0. The van der Waals surface area contributed by atoms with Crippen LogP contribution in [0.5, 0.6) is 0 Å². The Bertz CT molecular complexity index is 315. The number of nitrogens with zero attached hydrogens (tertiary/aromatic N) is 2. The summed E-state index contributed by atoms with van der Waals surface area (Å²) in [5.74, 6) is 0.131. The molecule has 1 aromatic heterocycles. The van der Waals surface area contributed by atoms with Crippen molar-refractivity contribution in [3.8, 4) is 0 Å². The van der Waals surface area contributed by atoms with E-state index in [9.17, 15) is 5.11 Å². The second-order valence-electron chi connectivity index (χ2n) is 3.92. The first kappa shape index (κ1) is 10.9. The van der Waals surface area contributed by atoms with E-state index >= 15 is 0 Å². The molecule has 0 spiro atoms. The van der Waals surface area contributed by atoms with Gasteiger partial charge >= 0.3 is 0 Å². The van der Waals surface area contributed by atoms with E-state index in [1.54, 1.807) is 17.9 Å². The van der Waals surface area contributed by atoms with Gasteiger partial charge in [0.05, 0.1) is 23.5 Å². The maximum absolute atomic E-state index is 10.2. The molecular formula is C10H15ClN2O2. The number of aromatic nitrogens is 2. The summed E-state index contributed by atoms with van der Waals surface area (Å²) in [6.07, 6.45) is 2.95. The molecule has 1 N–H and O–H groups in total. The zero-order valence-electron chi connectivity index (χ0n) is 8.69. The van der Waals surface area contributed by atoms with Crippen LogP contribution in [0.25, 0.3) is 0 Å². The molecule has 0 amide bonds. The fourth-order valence-corrected chi connectivity index (χ4v) is 2.27. The molecule has 1 fully saturated rings. The third kappa shape index (κ3) is 2.17. The maximum Gasteiger partial charge on any atom is 0.102 e. The van der Waals surface area contributed by atoms with Crippen molar-refractivity contribution in [2.75, 3.05) is 13.2 Å². The van der Waals surface area contributed by atoms with Gasteiger partial charge in [-0.2, -0.15) is 5.10 Å². The first-order valence-electron chi connectivity index (χ1n) is 5.13. The lowest BCUT2D eigenvalue weighted by molar-refractivity contribution is -0.0128. The van der Waals surface area contributed by atoms with Crippen molar-refractivity contribution in [1.29, 1.82) is 0 Å². The first-order valence-corrected chi connectivity index (χ1v) is 5.51. The average Bonchev–Trinajstić information content (AvgIpc) is 2.59. The van der Waals surface area contributed by atoms with Crippen LogP contribution >= 0.6 is 11.6 Å². The molecule has 2 atom stereocenters.